The first kappa shape index (κ1) is 86.5. The standard InChI is InChI=1S/C70H132O17P2/c1-7-10-12-14-16-18-20-21-22-23-25-31-35-43-49-55-70(75)86-65(58-80-67(72)52-46-40-33-29-27-26-28-32-39-45-51-63(6)9-3)60-84-88(76,77)82-56-64(71)57-83-89(78,79)85-61-66(59-81-68(73)53-47-41-37-36-38-44-50-62(4)5)87-69(74)54-48-42-34-30-24-19-17-15-13-11-8-2/h18,20-22,62-66,71H,7-17,19,23-61H2,1-6H3,(H,76,77)(H,78,79)/b20-18-,22-21-/t63?,64-,65-,66-/m1/s1. The van der Waals surface area contributed by atoms with Crippen LogP contribution in [-0.4, -0.2) is 96.7 Å². The van der Waals surface area contributed by atoms with Crippen LogP contribution in [0.5, 0.6) is 0 Å². The van der Waals surface area contributed by atoms with Crippen LogP contribution in [-0.2, 0) is 65.4 Å². The van der Waals surface area contributed by atoms with Crippen LogP contribution < -0.4 is 0 Å². The Hall–Kier alpha value is -2.46. The molecule has 6 atom stereocenters. The van der Waals surface area contributed by atoms with E-state index in [1.54, 1.807) is 0 Å². The molecule has 17 nitrogen and oxygen atoms in total. The summed E-state index contributed by atoms with van der Waals surface area (Å²) in [6, 6.07) is 0. The summed E-state index contributed by atoms with van der Waals surface area (Å²) in [6.45, 7) is 9.42. The summed E-state index contributed by atoms with van der Waals surface area (Å²) in [4.78, 5) is 72.5. The minimum absolute atomic E-state index is 0.0846. The van der Waals surface area contributed by atoms with Crippen molar-refractivity contribution >= 4 is 39.5 Å². The molecule has 0 radical (unpaired) electrons. The number of allylic oxidation sites excluding steroid dienone is 4. The molecule has 89 heavy (non-hydrogen) atoms. The maximum atomic E-state index is 13.0. The molecule has 3 unspecified atom stereocenters. The molecule has 3 N–H and O–H groups in total. The molecule has 0 aromatic carbocycles. The number of phosphoric acid groups is 2. The lowest BCUT2D eigenvalue weighted by Gasteiger charge is -2.21. The second-order valence-corrected chi connectivity index (χ2v) is 28.2. The Labute approximate surface area is 542 Å². The summed E-state index contributed by atoms with van der Waals surface area (Å²) in [5.41, 5.74) is 0. The minimum atomic E-state index is -4.96. The van der Waals surface area contributed by atoms with Gasteiger partial charge in [0.15, 0.2) is 12.2 Å². The molecule has 0 heterocycles. The highest BCUT2D eigenvalue weighted by Gasteiger charge is 2.30. The Kier molecular flexibility index (Phi) is 60.0. The van der Waals surface area contributed by atoms with Gasteiger partial charge in [0.25, 0.3) is 0 Å². The molecule has 0 bridgehead atoms. The van der Waals surface area contributed by atoms with Crippen molar-refractivity contribution in [3.8, 4) is 0 Å². The van der Waals surface area contributed by atoms with Gasteiger partial charge < -0.3 is 33.8 Å². The maximum Gasteiger partial charge on any atom is 0.472 e. The van der Waals surface area contributed by atoms with Crippen molar-refractivity contribution in [3.63, 3.8) is 0 Å². The summed E-state index contributed by atoms with van der Waals surface area (Å²) in [6.07, 6.45) is 49.4. The average molecular weight is 1310 g/mol. The number of carbonyl (C=O) groups is 4. The SMILES string of the molecule is CCCCCC/C=C\C=C/CCCCCCCC(=O)O[C@H](COC(=O)CCCCCCCCCCCCC(C)CC)COP(=O)(O)OC[C@@H](O)COP(=O)(O)OC[C@@H](COC(=O)CCCCCCCCC(C)C)OC(=O)CCCCCCCCCCCCC. The lowest BCUT2D eigenvalue weighted by molar-refractivity contribution is -0.161. The van der Waals surface area contributed by atoms with Crippen molar-refractivity contribution in [2.75, 3.05) is 39.6 Å². The Morgan fingerprint density at radius 1 is 0.371 bits per heavy atom. The van der Waals surface area contributed by atoms with Crippen LogP contribution in [0.4, 0.5) is 0 Å². The fourth-order valence-corrected chi connectivity index (χ4v) is 11.6. The molecule has 0 aliphatic heterocycles. The predicted molar refractivity (Wildman–Crippen MR) is 358 cm³/mol. The quantitative estimate of drug-likeness (QED) is 0.0169. The van der Waals surface area contributed by atoms with E-state index in [1.807, 2.05) is 0 Å². The third-order valence-electron chi connectivity index (χ3n) is 15.9. The predicted octanol–water partition coefficient (Wildman–Crippen LogP) is 19.5. The second-order valence-electron chi connectivity index (χ2n) is 25.3. The highest BCUT2D eigenvalue weighted by atomic mass is 31.2. The second kappa shape index (κ2) is 61.7. The van der Waals surface area contributed by atoms with Crippen LogP contribution in [0.1, 0.15) is 330 Å². The van der Waals surface area contributed by atoms with E-state index in [-0.39, 0.29) is 25.7 Å². The van der Waals surface area contributed by atoms with E-state index >= 15 is 0 Å². The first-order chi connectivity index (χ1) is 42.9. The molecule has 0 spiro atoms. The van der Waals surface area contributed by atoms with Crippen molar-refractivity contribution < 1.29 is 80.2 Å². The normalized spacial score (nSPS) is 14.6. The maximum absolute atomic E-state index is 13.0. The topological polar surface area (TPSA) is 237 Å². The van der Waals surface area contributed by atoms with Crippen LogP contribution in [0.3, 0.4) is 0 Å². The summed E-state index contributed by atoms with van der Waals surface area (Å²) in [5, 5.41) is 10.6. The van der Waals surface area contributed by atoms with E-state index in [0.717, 1.165) is 115 Å². The number of hydrogen-bond donors (Lipinski definition) is 3. The number of ether oxygens (including phenoxy) is 4. The molecule has 0 rings (SSSR count). The van der Waals surface area contributed by atoms with Gasteiger partial charge in [-0.15, -0.1) is 0 Å². The van der Waals surface area contributed by atoms with Crippen molar-refractivity contribution in [3.05, 3.63) is 24.3 Å². The van der Waals surface area contributed by atoms with Gasteiger partial charge in [0.1, 0.15) is 19.3 Å². The molecule has 0 amide bonds. The molecule has 524 valence electrons. The molecular weight excluding hydrogens is 1170 g/mol. The van der Waals surface area contributed by atoms with Crippen molar-refractivity contribution in [2.45, 2.75) is 349 Å². The number of carbonyl (C=O) groups excluding carboxylic acids is 4. The lowest BCUT2D eigenvalue weighted by atomic mass is 9.99. The Balaban J connectivity index is 5.29. The molecule has 0 saturated carbocycles. The van der Waals surface area contributed by atoms with E-state index in [4.69, 9.17) is 37.0 Å². The molecule has 0 saturated heterocycles. The van der Waals surface area contributed by atoms with Crippen molar-refractivity contribution in [2.24, 2.45) is 11.8 Å². The van der Waals surface area contributed by atoms with Crippen LogP contribution >= 0.6 is 15.6 Å². The number of esters is 4. The van der Waals surface area contributed by atoms with Crippen molar-refractivity contribution in [1.29, 1.82) is 0 Å². The number of rotatable bonds is 67. The van der Waals surface area contributed by atoms with E-state index in [2.05, 4.69) is 65.8 Å². The monoisotopic (exact) mass is 1310 g/mol. The van der Waals surface area contributed by atoms with E-state index in [1.165, 1.54) is 128 Å². The summed E-state index contributed by atoms with van der Waals surface area (Å²) < 4.78 is 68.2. The van der Waals surface area contributed by atoms with Gasteiger partial charge in [-0.2, -0.15) is 0 Å². The highest BCUT2D eigenvalue weighted by Crippen LogP contribution is 2.45. The van der Waals surface area contributed by atoms with Gasteiger partial charge in [-0.3, -0.25) is 37.3 Å². The smallest absolute Gasteiger partial charge is 0.462 e. The summed E-state index contributed by atoms with van der Waals surface area (Å²) >= 11 is 0. The van der Waals surface area contributed by atoms with Crippen LogP contribution in [0.2, 0.25) is 0 Å². The third-order valence-corrected chi connectivity index (χ3v) is 17.8. The molecule has 0 aromatic rings. The fourth-order valence-electron chi connectivity index (χ4n) is 10.0. The summed E-state index contributed by atoms with van der Waals surface area (Å²) in [7, 11) is -9.91. The van der Waals surface area contributed by atoms with Gasteiger partial charge in [-0.25, -0.2) is 9.13 Å². The molecule has 0 fully saturated rings. The minimum Gasteiger partial charge on any atom is -0.462 e. The van der Waals surface area contributed by atoms with Crippen LogP contribution in [0.25, 0.3) is 0 Å². The van der Waals surface area contributed by atoms with Gasteiger partial charge >= 0.3 is 39.5 Å². The van der Waals surface area contributed by atoms with Crippen LogP contribution in [0.15, 0.2) is 24.3 Å². The van der Waals surface area contributed by atoms with Gasteiger partial charge in [-0.1, -0.05) is 278 Å². The van der Waals surface area contributed by atoms with E-state index < -0.39 is 97.5 Å². The average Bonchev–Trinajstić information content (AvgIpc) is 3.72. The largest absolute Gasteiger partial charge is 0.472 e. The Morgan fingerprint density at radius 2 is 0.663 bits per heavy atom. The zero-order chi connectivity index (χ0) is 65.7. The van der Waals surface area contributed by atoms with Gasteiger partial charge in [0.05, 0.1) is 26.4 Å². The van der Waals surface area contributed by atoms with Crippen LogP contribution in [0, 0.1) is 11.8 Å². The van der Waals surface area contributed by atoms with Gasteiger partial charge in [-0.05, 0) is 63.2 Å². The van der Waals surface area contributed by atoms with E-state index in [0.29, 0.717) is 31.6 Å². The Morgan fingerprint density at radius 3 is 1.01 bits per heavy atom. The zero-order valence-electron chi connectivity index (χ0n) is 57.2. The summed E-state index contributed by atoms with van der Waals surface area (Å²) in [5.74, 6) is -0.672. The molecule has 0 aliphatic carbocycles. The number of hydrogen-bond acceptors (Lipinski definition) is 15. The van der Waals surface area contributed by atoms with E-state index in [9.17, 15) is 43.2 Å². The Bertz CT molecular complexity index is 1830. The molecular formula is C70H132O17P2. The zero-order valence-corrected chi connectivity index (χ0v) is 59.0. The fraction of sp³-hybridized carbons (Fsp3) is 0.886. The van der Waals surface area contributed by atoms with Crippen molar-refractivity contribution in [1.82, 2.24) is 0 Å². The molecule has 19 heteroatoms. The van der Waals surface area contributed by atoms with Gasteiger partial charge in [0.2, 0.25) is 0 Å². The molecule has 0 aliphatic rings. The third kappa shape index (κ3) is 62.7. The highest BCUT2D eigenvalue weighted by molar-refractivity contribution is 7.47. The number of aliphatic hydroxyl groups excluding tert-OH is 1. The first-order valence-corrected chi connectivity index (χ1v) is 38.8. The number of unbranched alkanes of at least 4 members (excludes halogenated alkanes) is 33. The molecule has 0 aromatic heterocycles. The van der Waals surface area contributed by atoms with Gasteiger partial charge in [0, 0.05) is 25.7 Å². The first-order valence-electron chi connectivity index (χ1n) is 35.8. The lowest BCUT2D eigenvalue weighted by Crippen LogP contribution is -2.30. The number of aliphatic hydroxyl groups is 1. The number of phosphoric ester groups is 2.